The second kappa shape index (κ2) is 15.8. The Morgan fingerprint density at radius 1 is 0.973 bits per heavy atom. The van der Waals surface area contributed by atoms with E-state index in [-0.39, 0.29) is 12.8 Å². The minimum atomic E-state index is -3.30. The van der Waals surface area contributed by atoms with E-state index in [0.717, 1.165) is 19.3 Å². The Labute approximate surface area is 223 Å². The number of esters is 3. The maximum Gasteiger partial charge on any atom is 0.330 e. The van der Waals surface area contributed by atoms with Crippen LogP contribution in [-0.4, -0.2) is 79.2 Å². The van der Waals surface area contributed by atoms with Gasteiger partial charge in [0.15, 0.2) is 12.2 Å². The Morgan fingerprint density at radius 3 is 2.24 bits per heavy atom. The molecule has 0 radical (unpaired) electrons. The molecule has 0 N–H and O–H groups in total. The van der Waals surface area contributed by atoms with Crippen molar-refractivity contribution in [3.63, 3.8) is 0 Å². The fourth-order valence-electron chi connectivity index (χ4n) is 4.10. The number of thioether (sulfide) groups is 1. The second-order valence-electron chi connectivity index (χ2n) is 8.99. The highest BCUT2D eigenvalue weighted by atomic mass is 32.2. The molecule has 0 saturated carbocycles. The van der Waals surface area contributed by atoms with Gasteiger partial charge in [-0.25, -0.2) is 0 Å². The zero-order chi connectivity index (χ0) is 27.4. The zero-order valence-corrected chi connectivity index (χ0v) is 24.1. The average molecular weight is 566 g/mol. The molecule has 0 amide bonds. The van der Waals surface area contributed by atoms with Gasteiger partial charge in [0.1, 0.15) is 24.2 Å². The van der Waals surface area contributed by atoms with Gasteiger partial charge in [0, 0.05) is 34.3 Å². The number of carbonyl (C=O) groups is 3. The van der Waals surface area contributed by atoms with E-state index in [9.17, 15) is 18.9 Å². The zero-order valence-electron chi connectivity index (χ0n) is 22.3. The molecule has 1 saturated heterocycles. The first-order valence-electron chi connectivity index (χ1n) is 12.7. The molecule has 0 aromatic rings. The number of carbonyl (C=O) groups excluding carboxylic acids is 3. The predicted octanol–water partition coefficient (Wildman–Crippen LogP) is 4.26. The number of aliphatic imine (C=N–C) groups is 1. The Bertz CT molecular complexity index is 853. The third-order valence-electron chi connectivity index (χ3n) is 5.88. The lowest BCUT2D eigenvalue weighted by Gasteiger charge is -2.41. The lowest BCUT2D eigenvalue weighted by atomic mass is 9.98. The van der Waals surface area contributed by atoms with Crippen LogP contribution in [0.1, 0.15) is 72.6 Å². The fraction of sp³-hybridized carbons (Fsp3) is 0.833. The molecule has 0 aliphatic carbocycles. The lowest BCUT2D eigenvalue weighted by Crippen LogP contribution is -2.59. The van der Waals surface area contributed by atoms with Gasteiger partial charge >= 0.3 is 25.5 Å². The van der Waals surface area contributed by atoms with Crippen molar-refractivity contribution in [2.75, 3.05) is 26.5 Å². The van der Waals surface area contributed by atoms with E-state index in [1.54, 1.807) is 0 Å². The normalized spacial score (nSPS) is 26.5. The molecule has 0 bridgehead atoms. The Hall–Kier alpha value is -1.46. The van der Waals surface area contributed by atoms with Gasteiger partial charge in [0.2, 0.25) is 0 Å². The molecule has 11 nitrogen and oxygen atoms in total. The second-order valence-corrected chi connectivity index (χ2v) is 12.5. The molecular weight excluding hydrogens is 525 g/mol. The predicted molar refractivity (Wildman–Crippen MR) is 139 cm³/mol. The molecule has 0 spiro atoms. The molecule has 6 atom stereocenters. The molecule has 2 aliphatic rings. The molecule has 0 aromatic heterocycles. The van der Waals surface area contributed by atoms with Crippen LogP contribution >= 0.6 is 19.4 Å². The Morgan fingerprint density at radius 2 is 1.62 bits per heavy atom. The lowest BCUT2D eigenvalue weighted by molar-refractivity contribution is -0.208. The van der Waals surface area contributed by atoms with E-state index >= 15 is 0 Å². The van der Waals surface area contributed by atoms with Crippen molar-refractivity contribution in [3.8, 4) is 0 Å². The van der Waals surface area contributed by atoms with E-state index in [1.165, 1.54) is 58.9 Å². The van der Waals surface area contributed by atoms with Crippen LogP contribution < -0.4 is 0 Å². The molecule has 2 heterocycles. The first-order valence-corrected chi connectivity index (χ1v) is 15.3. The van der Waals surface area contributed by atoms with E-state index in [2.05, 4.69) is 11.9 Å². The van der Waals surface area contributed by atoms with Crippen LogP contribution in [0.3, 0.4) is 0 Å². The van der Waals surface area contributed by atoms with Crippen molar-refractivity contribution in [1.29, 1.82) is 0 Å². The highest BCUT2D eigenvalue weighted by molar-refractivity contribution is 8.14. The number of fused-ring (bicyclic) bond motifs is 1. The summed E-state index contributed by atoms with van der Waals surface area (Å²) in [7, 11) is -1.94. The molecule has 13 heteroatoms. The Kier molecular flexibility index (Phi) is 13.6. The van der Waals surface area contributed by atoms with Gasteiger partial charge in [0.25, 0.3) is 0 Å². The van der Waals surface area contributed by atoms with Crippen LogP contribution in [0.5, 0.6) is 0 Å². The standard InChI is InChI=1S/C24H40NO10PS/c1-6-7-8-9-10-11-13-32-36(29,30-5)14-12-20-25-21-23(34-18(4)28)22(33-17(3)27)19(15-31-16(2)26)35-24(21)37-20/h19,21-24H,6-15H2,1-5H3/t19-,21-,22-,23-,24?,36?/m1/s1. The van der Waals surface area contributed by atoms with E-state index in [1.807, 2.05) is 0 Å². The summed E-state index contributed by atoms with van der Waals surface area (Å²) in [6.45, 7) is 6.08. The summed E-state index contributed by atoms with van der Waals surface area (Å²) in [5.41, 5.74) is -0.572. The van der Waals surface area contributed by atoms with E-state index in [0.29, 0.717) is 18.1 Å². The first kappa shape index (κ1) is 31.8. The Balaban J connectivity index is 2.03. The van der Waals surface area contributed by atoms with Crippen molar-refractivity contribution in [2.45, 2.75) is 102 Å². The quantitative estimate of drug-likeness (QED) is 0.115. The van der Waals surface area contributed by atoms with Crippen LogP contribution in [0.25, 0.3) is 0 Å². The summed E-state index contributed by atoms with van der Waals surface area (Å²) < 4.78 is 46.0. The minimum absolute atomic E-state index is 0.132. The molecule has 0 aromatic carbocycles. The number of hydrogen-bond acceptors (Lipinski definition) is 12. The van der Waals surface area contributed by atoms with Crippen LogP contribution in [0, 0.1) is 0 Å². The van der Waals surface area contributed by atoms with Crippen LogP contribution in [0.15, 0.2) is 4.99 Å². The number of hydrogen-bond donors (Lipinski definition) is 0. The third kappa shape index (κ3) is 10.7. The number of nitrogens with zero attached hydrogens (tertiary/aromatic N) is 1. The topological polar surface area (TPSA) is 136 Å². The van der Waals surface area contributed by atoms with Gasteiger partial charge in [-0.2, -0.15) is 0 Å². The van der Waals surface area contributed by atoms with Crippen molar-refractivity contribution >= 4 is 42.3 Å². The molecule has 1 fully saturated rings. The maximum atomic E-state index is 13.1. The number of rotatable bonds is 16. The van der Waals surface area contributed by atoms with Crippen molar-refractivity contribution in [1.82, 2.24) is 0 Å². The molecule has 2 aliphatic heterocycles. The van der Waals surface area contributed by atoms with Gasteiger partial charge in [-0.1, -0.05) is 50.8 Å². The highest BCUT2D eigenvalue weighted by Crippen LogP contribution is 2.49. The SMILES string of the molecule is CCCCCCCCOP(=O)(CCC1=N[C@H]2C(O[C@H](COC(C)=O)[C@@H](OC(C)=O)[C@@H]2OC(C)=O)S1)OC. The van der Waals surface area contributed by atoms with Gasteiger partial charge in [-0.3, -0.25) is 23.9 Å². The monoisotopic (exact) mass is 565 g/mol. The smallest absolute Gasteiger partial charge is 0.330 e. The van der Waals surface area contributed by atoms with Crippen molar-refractivity contribution in [3.05, 3.63) is 0 Å². The molecule has 212 valence electrons. The average Bonchev–Trinajstić information content (AvgIpc) is 3.25. The number of unbranched alkanes of at least 4 members (excludes halogenated alkanes) is 5. The van der Waals surface area contributed by atoms with Crippen LogP contribution in [0.4, 0.5) is 0 Å². The first-order chi connectivity index (χ1) is 17.6. The minimum Gasteiger partial charge on any atom is -0.463 e. The van der Waals surface area contributed by atoms with Gasteiger partial charge in [-0.05, 0) is 6.42 Å². The summed E-state index contributed by atoms with van der Waals surface area (Å²) in [4.78, 5) is 39.7. The molecule has 37 heavy (non-hydrogen) atoms. The highest BCUT2D eigenvalue weighted by Gasteiger charge is 2.53. The summed E-state index contributed by atoms with van der Waals surface area (Å²) in [6, 6.07) is -0.659. The summed E-state index contributed by atoms with van der Waals surface area (Å²) in [5.74, 6) is -1.70. The van der Waals surface area contributed by atoms with E-state index < -0.39 is 55.3 Å². The summed E-state index contributed by atoms with van der Waals surface area (Å²) in [6.07, 6.45) is 4.17. The molecular formula is C24H40NO10PS. The van der Waals surface area contributed by atoms with Gasteiger partial charge in [0.05, 0.1) is 17.8 Å². The molecule has 2 rings (SSSR count). The number of ether oxygens (including phenoxy) is 4. The van der Waals surface area contributed by atoms with Gasteiger partial charge < -0.3 is 28.0 Å². The molecule has 2 unspecified atom stereocenters. The summed E-state index contributed by atoms with van der Waals surface area (Å²) in [5, 5.41) is 0.627. The maximum absolute atomic E-state index is 13.1. The van der Waals surface area contributed by atoms with E-state index in [4.69, 9.17) is 28.0 Å². The third-order valence-corrected chi connectivity index (χ3v) is 8.99. The van der Waals surface area contributed by atoms with Crippen LogP contribution in [0.2, 0.25) is 0 Å². The van der Waals surface area contributed by atoms with Gasteiger partial charge in [-0.15, -0.1) is 0 Å². The van der Waals surface area contributed by atoms with Crippen LogP contribution in [-0.2, 0) is 46.9 Å². The summed E-state index contributed by atoms with van der Waals surface area (Å²) >= 11 is 1.30. The largest absolute Gasteiger partial charge is 0.463 e. The fourth-order valence-corrected chi connectivity index (χ4v) is 6.79. The van der Waals surface area contributed by atoms with Crippen molar-refractivity contribution < 1.29 is 46.9 Å². The van der Waals surface area contributed by atoms with Crippen molar-refractivity contribution in [2.24, 2.45) is 4.99 Å².